The van der Waals surface area contributed by atoms with Gasteiger partial charge in [-0.15, -0.1) is 0 Å². The molecule has 0 aromatic carbocycles. The average molecular weight is 176 g/mol. The number of unbranched alkanes of at least 4 members (excludes halogenated alkanes) is 1. The Morgan fingerprint density at radius 1 is 1.45 bits per heavy atom. The number of carbonyl (C=O) groups excluding carboxylic acids is 1. The molecule has 0 aromatic heterocycles. The van der Waals surface area contributed by atoms with Crippen LogP contribution < -0.4 is 0 Å². The van der Waals surface area contributed by atoms with Gasteiger partial charge in [0.1, 0.15) is 0 Å². The van der Waals surface area contributed by atoms with Crippen LogP contribution in [0.25, 0.3) is 0 Å². The molecular formula is C8H16O2S. The van der Waals surface area contributed by atoms with E-state index in [1.807, 2.05) is 0 Å². The molecule has 0 radical (unpaired) electrons. The summed E-state index contributed by atoms with van der Waals surface area (Å²) >= 11 is 4.00. The highest BCUT2D eigenvalue weighted by Crippen LogP contribution is 1.96. The highest BCUT2D eigenvalue weighted by atomic mass is 32.1. The number of hydrogen-bond acceptors (Lipinski definition) is 3. The molecule has 0 N–H and O–H groups in total. The minimum absolute atomic E-state index is 0.0903. The van der Waals surface area contributed by atoms with E-state index in [-0.39, 0.29) is 5.97 Å². The lowest BCUT2D eigenvalue weighted by Gasteiger charge is -2.01. The SMILES string of the molecule is CCCCOC(=O)CCCS. The van der Waals surface area contributed by atoms with Crippen molar-refractivity contribution in [2.45, 2.75) is 32.6 Å². The second kappa shape index (κ2) is 7.92. The molecule has 0 aromatic rings. The normalized spacial score (nSPS) is 9.64. The first-order chi connectivity index (χ1) is 5.31. The minimum Gasteiger partial charge on any atom is -0.466 e. The van der Waals surface area contributed by atoms with E-state index >= 15 is 0 Å². The summed E-state index contributed by atoms with van der Waals surface area (Å²) in [7, 11) is 0. The zero-order chi connectivity index (χ0) is 8.53. The predicted octanol–water partition coefficient (Wildman–Crippen LogP) is 2.04. The van der Waals surface area contributed by atoms with E-state index in [2.05, 4.69) is 19.6 Å². The number of ether oxygens (including phenoxy) is 1. The fraction of sp³-hybridized carbons (Fsp3) is 0.875. The van der Waals surface area contributed by atoms with Gasteiger partial charge in [-0.3, -0.25) is 4.79 Å². The fourth-order valence-electron chi connectivity index (χ4n) is 0.626. The number of hydrogen-bond donors (Lipinski definition) is 1. The van der Waals surface area contributed by atoms with Gasteiger partial charge in [0.05, 0.1) is 6.61 Å². The van der Waals surface area contributed by atoms with Crippen LogP contribution in [-0.2, 0) is 9.53 Å². The third kappa shape index (κ3) is 7.72. The van der Waals surface area contributed by atoms with Crippen molar-refractivity contribution in [2.75, 3.05) is 12.4 Å². The largest absolute Gasteiger partial charge is 0.466 e. The molecule has 0 unspecified atom stereocenters. The smallest absolute Gasteiger partial charge is 0.305 e. The van der Waals surface area contributed by atoms with Crippen LogP contribution in [-0.4, -0.2) is 18.3 Å². The Morgan fingerprint density at radius 2 is 2.18 bits per heavy atom. The van der Waals surface area contributed by atoms with Crippen molar-refractivity contribution in [1.29, 1.82) is 0 Å². The van der Waals surface area contributed by atoms with Crippen LogP contribution in [0.4, 0.5) is 0 Å². The molecule has 0 amide bonds. The van der Waals surface area contributed by atoms with Gasteiger partial charge in [0, 0.05) is 6.42 Å². The monoisotopic (exact) mass is 176 g/mol. The standard InChI is InChI=1S/C8H16O2S/c1-2-3-6-10-8(9)5-4-7-11/h11H,2-7H2,1H3. The molecule has 0 saturated carbocycles. The fourth-order valence-corrected chi connectivity index (χ4v) is 0.784. The summed E-state index contributed by atoms with van der Waals surface area (Å²) < 4.78 is 4.91. The Morgan fingerprint density at radius 3 is 2.73 bits per heavy atom. The van der Waals surface area contributed by atoms with E-state index in [4.69, 9.17) is 4.74 Å². The molecule has 0 aliphatic carbocycles. The second-order valence-corrected chi connectivity index (χ2v) is 2.85. The van der Waals surface area contributed by atoms with E-state index < -0.39 is 0 Å². The molecule has 0 rings (SSSR count). The molecule has 0 atom stereocenters. The van der Waals surface area contributed by atoms with Crippen LogP contribution in [0.1, 0.15) is 32.6 Å². The highest BCUT2D eigenvalue weighted by molar-refractivity contribution is 7.80. The van der Waals surface area contributed by atoms with E-state index in [1.165, 1.54) is 0 Å². The summed E-state index contributed by atoms with van der Waals surface area (Å²) in [5, 5.41) is 0. The van der Waals surface area contributed by atoms with Crippen LogP contribution in [0.3, 0.4) is 0 Å². The van der Waals surface area contributed by atoms with Crippen molar-refractivity contribution in [3.05, 3.63) is 0 Å². The van der Waals surface area contributed by atoms with Crippen LogP contribution in [0.5, 0.6) is 0 Å². The predicted molar refractivity (Wildman–Crippen MR) is 49.0 cm³/mol. The van der Waals surface area contributed by atoms with Crippen LogP contribution in [0.15, 0.2) is 0 Å². The Balaban J connectivity index is 3.09. The molecule has 0 aliphatic rings. The van der Waals surface area contributed by atoms with Gasteiger partial charge in [-0.2, -0.15) is 12.6 Å². The zero-order valence-corrected chi connectivity index (χ0v) is 7.90. The summed E-state index contributed by atoms with van der Waals surface area (Å²) in [5.41, 5.74) is 0. The summed E-state index contributed by atoms with van der Waals surface area (Å²) in [5.74, 6) is 0.663. The molecular weight excluding hydrogens is 160 g/mol. The van der Waals surface area contributed by atoms with Crippen molar-refractivity contribution in [1.82, 2.24) is 0 Å². The quantitative estimate of drug-likeness (QED) is 0.381. The first kappa shape index (κ1) is 10.8. The molecule has 0 fully saturated rings. The van der Waals surface area contributed by atoms with Gasteiger partial charge in [0.15, 0.2) is 0 Å². The summed E-state index contributed by atoms with van der Waals surface area (Å²) in [6.07, 6.45) is 3.35. The molecule has 66 valence electrons. The Hall–Kier alpha value is -0.180. The lowest BCUT2D eigenvalue weighted by atomic mass is 10.3. The molecule has 11 heavy (non-hydrogen) atoms. The van der Waals surface area contributed by atoms with Gasteiger partial charge < -0.3 is 4.74 Å². The maximum atomic E-state index is 10.8. The molecule has 0 aliphatic heterocycles. The third-order valence-electron chi connectivity index (χ3n) is 1.30. The van der Waals surface area contributed by atoms with Crippen molar-refractivity contribution >= 4 is 18.6 Å². The minimum atomic E-state index is -0.0903. The second-order valence-electron chi connectivity index (χ2n) is 2.40. The highest BCUT2D eigenvalue weighted by Gasteiger charge is 1.99. The zero-order valence-electron chi connectivity index (χ0n) is 7.01. The van der Waals surface area contributed by atoms with Crippen molar-refractivity contribution in [3.63, 3.8) is 0 Å². The number of rotatable bonds is 6. The first-order valence-electron chi connectivity index (χ1n) is 4.07. The Kier molecular flexibility index (Phi) is 7.79. The average Bonchev–Trinajstić information content (AvgIpc) is 2.01. The molecule has 0 heterocycles. The van der Waals surface area contributed by atoms with Gasteiger partial charge in [-0.25, -0.2) is 0 Å². The molecule has 3 heteroatoms. The summed E-state index contributed by atoms with van der Waals surface area (Å²) in [4.78, 5) is 10.8. The summed E-state index contributed by atoms with van der Waals surface area (Å²) in [6.45, 7) is 2.64. The van der Waals surface area contributed by atoms with Gasteiger partial charge in [0.25, 0.3) is 0 Å². The van der Waals surface area contributed by atoms with Crippen molar-refractivity contribution < 1.29 is 9.53 Å². The van der Waals surface area contributed by atoms with Crippen LogP contribution >= 0.6 is 12.6 Å². The van der Waals surface area contributed by atoms with Gasteiger partial charge in [0.2, 0.25) is 0 Å². The summed E-state index contributed by atoms with van der Waals surface area (Å²) in [6, 6.07) is 0. The maximum absolute atomic E-state index is 10.8. The molecule has 0 bridgehead atoms. The lowest BCUT2D eigenvalue weighted by Crippen LogP contribution is -2.05. The Labute approximate surface area is 73.7 Å². The van der Waals surface area contributed by atoms with Gasteiger partial charge in [-0.05, 0) is 18.6 Å². The lowest BCUT2D eigenvalue weighted by molar-refractivity contribution is -0.143. The van der Waals surface area contributed by atoms with E-state index in [0.29, 0.717) is 13.0 Å². The Bertz CT molecular complexity index is 104. The molecule has 2 nitrogen and oxygen atoms in total. The number of carbonyl (C=O) groups is 1. The number of esters is 1. The van der Waals surface area contributed by atoms with Gasteiger partial charge >= 0.3 is 5.97 Å². The van der Waals surface area contributed by atoms with Crippen molar-refractivity contribution in [2.24, 2.45) is 0 Å². The number of thiol groups is 1. The molecule has 0 saturated heterocycles. The van der Waals surface area contributed by atoms with E-state index in [0.717, 1.165) is 25.0 Å². The van der Waals surface area contributed by atoms with Gasteiger partial charge in [-0.1, -0.05) is 13.3 Å². The van der Waals surface area contributed by atoms with E-state index in [1.54, 1.807) is 0 Å². The molecule has 0 spiro atoms. The topological polar surface area (TPSA) is 26.3 Å². The van der Waals surface area contributed by atoms with Crippen LogP contribution in [0, 0.1) is 0 Å². The van der Waals surface area contributed by atoms with Crippen molar-refractivity contribution in [3.8, 4) is 0 Å². The third-order valence-corrected chi connectivity index (χ3v) is 1.62. The first-order valence-corrected chi connectivity index (χ1v) is 4.71. The van der Waals surface area contributed by atoms with Crippen LogP contribution in [0.2, 0.25) is 0 Å². The van der Waals surface area contributed by atoms with E-state index in [9.17, 15) is 4.79 Å². The maximum Gasteiger partial charge on any atom is 0.305 e.